The second-order valence-electron chi connectivity index (χ2n) is 4.69. The normalized spacial score (nSPS) is 13.1. The summed E-state index contributed by atoms with van der Waals surface area (Å²) >= 11 is 0. The minimum Gasteiger partial charge on any atom is -0.468 e. The average Bonchev–Trinajstić information content (AvgIpc) is 2.96. The summed E-state index contributed by atoms with van der Waals surface area (Å²) in [5.41, 5.74) is 2.75. The maximum atomic E-state index is 5.56. The molecular formula is C12H19N5O. The number of nitrogens with zero attached hydrogens (tertiary/aromatic N) is 3. The van der Waals surface area contributed by atoms with Crippen molar-refractivity contribution < 1.29 is 4.42 Å². The molecule has 2 heterocycles. The first-order valence-corrected chi connectivity index (χ1v) is 6.07. The molecule has 0 spiro atoms. The molecule has 2 rings (SSSR count). The zero-order valence-electron chi connectivity index (χ0n) is 10.7. The van der Waals surface area contributed by atoms with Crippen LogP contribution in [0.1, 0.15) is 31.5 Å². The van der Waals surface area contributed by atoms with Crippen molar-refractivity contribution in [2.45, 2.75) is 32.9 Å². The van der Waals surface area contributed by atoms with E-state index in [9.17, 15) is 0 Å². The number of rotatable bonds is 6. The lowest BCUT2D eigenvalue weighted by Gasteiger charge is -2.14. The standard InChI is InChI=1S/C12H19N5O/c1-9(2)7-17-12(14-8-15-17)6-10(16-13)11-4-3-5-18-11/h3-5,8-10,16H,6-7,13H2,1-2H3. The lowest BCUT2D eigenvalue weighted by atomic mass is 10.1. The van der Waals surface area contributed by atoms with Crippen LogP contribution in [-0.2, 0) is 13.0 Å². The van der Waals surface area contributed by atoms with Crippen LogP contribution in [0.15, 0.2) is 29.1 Å². The van der Waals surface area contributed by atoms with Crippen molar-refractivity contribution >= 4 is 0 Å². The molecule has 0 bridgehead atoms. The van der Waals surface area contributed by atoms with Gasteiger partial charge in [-0.15, -0.1) is 0 Å². The van der Waals surface area contributed by atoms with Gasteiger partial charge in [0.15, 0.2) is 0 Å². The third-order valence-electron chi connectivity index (χ3n) is 2.71. The van der Waals surface area contributed by atoms with Crippen LogP contribution in [0.4, 0.5) is 0 Å². The van der Waals surface area contributed by atoms with Gasteiger partial charge >= 0.3 is 0 Å². The fourth-order valence-corrected chi connectivity index (χ4v) is 1.86. The summed E-state index contributed by atoms with van der Waals surface area (Å²) in [6.07, 6.45) is 3.86. The number of nitrogens with two attached hydrogens (primary N) is 1. The average molecular weight is 249 g/mol. The van der Waals surface area contributed by atoms with Crippen molar-refractivity contribution in [1.29, 1.82) is 0 Å². The summed E-state index contributed by atoms with van der Waals surface area (Å²) in [6, 6.07) is 3.65. The molecule has 98 valence electrons. The van der Waals surface area contributed by atoms with Gasteiger partial charge < -0.3 is 4.42 Å². The molecule has 1 atom stereocenters. The number of hydrogen-bond donors (Lipinski definition) is 2. The Labute approximate surface area is 106 Å². The van der Waals surface area contributed by atoms with E-state index in [0.717, 1.165) is 18.1 Å². The highest BCUT2D eigenvalue weighted by molar-refractivity contribution is 5.07. The van der Waals surface area contributed by atoms with E-state index in [-0.39, 0.29) is 6.04 Å². The molecule has 0 amide bonds. The van der Waals surface area contributed by atoms with Gasteiger partial charge in [-0.2, -0.15) is 5.10 Å². The van der Waals surface area contributed by atoms with Crippen molar-refractivity contribution in [2.75, 3.05) is 0 Å². The topological polar surface area (TPSA) is 81.9 Å². The van der Waals surface area contributed by atoms with Crippen molar-refractivity contribution in [3.05, 3.63) is 36.3 Å². The highest BCUT2D eigenvalue weighted by Crippen LogP contribution is 2.17. The van der Waals surface area contributed by atoms with E-state index in [1.54, 1.807) is 12.6 Å². The molecule has 6 nitrogen and oxygen atoms in total. The summed E-state index contributed by atoms with van der Waals surface area (Å²) in [5.74, 6) is 7.80. The molecule has 0 aliphatic carbocycles. The lowest BCUT2D eigenvalue weighted by molar-refractivity contribution is 0.396. The molecule has 0 aromatic carbocycles. The van der Waals surface area contributed by atoms with Crippen molar-refractivity contribution in [3.8, 4) is 0 Å². The molecule has 0 aliphatic rings. The number of nitrogens with one attached hydrogen (secondary N) is 1. The Hall–Kier alpha value is -1.66. The van der Waals surface area contributed by atoms with E-state index in [2.05, 4.69) is 29.4 Å². The molecular weight excluding hydrogens is 230 g/mol. The van der Waals surface area contributed by atoms with Gasteiger partial charge in [-0.25, -0.2) is 15.1 Å². The minimum atomic E-state index is -0.0879. The Morgan fingerprint density at radius 2 is 2.33 bits per heavy atom. The molecule has 6 heteroatoms. The molecule has 0 saturated carbocycles. The third kappa shape index (κ3) is 2.96. The van der Waals surface area contributed by atoms with Gasteiger partial charge in [0.1, 0.15) is 17.9 Å². The highest BCUT2D eigenvalue weighted by atomic mass is 16.3. The van der Waals surface area contributed by atoms with Gasteiger partial charge in [0.2, 0.25) is 0 Å². The second kappa shape index (κ2) is 5.79. The van der Waals surface area contributed by atoms with Gasteiger partial charge in [0.05, 0.1) is 12.3 Å². The zero-order valence-corrected chi connectivity index (χ0v) is 10.7. The van der Waals surface area contributed by atoms with Crippen LogP contribution in [0.2, 0.25) is 0 Å². The molecule has 0 fully saturated rings. The maximum absolute atomic E-state index is 5.56. The first-order chi connectivity index (χ1) is 8.70. The second-order valence-corrected chi connectivity index (χ2v) is 4.69. The predicted octanol–water partition coefficient (Wildman–Crippen LogP) is 1.27. The molecule has 3 N–H and O–H groups in total. The van der Waals surface area contributed by atoms with Crippen molar-refractivity contribution in [3.63, 3.8) is 0 Å². The monoisotopic (exact) mass is 249 g/mol. The van der Waals surface area contributed by atoms with Crippen LogP contribution in [0.25, 0.3) is 0 Å². The predicted molar refractivity (Wildman–Crippen MR) is 67.3 cm³/mol. The lowest BCUT2D eigenvalue weighted by Crippen LogP contribution is -2.30. The molecule has 1 unspecified atom stereocenters. The summed E-state index contributed by atoms with van der Waals surface area (Å²) in [7, 11) is 0. The van der Waals surface area contributed by atoms with Crippen LogP contribution in [0.5, 0.6) is 0 Å². The number of furan rings is 1. The fraction of sp³-hybridized carbons (Fsp3) is 0.500. The van der Waals surface area contributed by atoms with Gasteiger partial charge in [-0.05, 0) is 18.1 Å². The first-order valence-electron chi connectivity index (χ1n) is 6.07. The van der Waals surface area contributed by atoms with E-state index in [1.165, 1.54) is 0 Å². The van der Waals surface area contributed by atoms with E-state index in [0.29, 0.717) is 12.3 Å². The van der Waals surface area contributed by atoms with Crippen molar-refractivity contribution in [2.24, 2.45) is 11.8 Å². The zero-order chi connectivity index (χ0) is 13.0. The van der Waals surface area contributed by atoms with Crippen LogP contribution < -0.4 is 11.3 Å². The van der Waals surface area contributed by atoms with Gasteiger partial charge in [0, 0.05) is 13.0 Å². The number of hydrazine groups is 1. The summed E-state index contributed by atoms with van der Waals surface area (Å²) in [5, 5.41) is 4.23. The minimum absolute atomic E-state index is 0.0879. The Morgan fingerprint density at radius 3 is 2.94 bits per heavy atom. The number of aromatic nitrogens is 3. The van der Waals surface area contributed by atoms with Crippen LogP contribution in [0.3, 0.4) is 0 Å². The van der Waals surface area contributed by atoms with E-state index >= 15 is 0 Å². The summed E-state index contributed by atoms with van der Waals surface area (Å²) < 4.78 is 7.27. The molecule has 0 saturated heterocycles. The number of hydrogen-bond acceptors (Lipinski definition) is 5. The molecule has 2 aromatic heterocycles. The van der Waals surface area contributed by atoms with Gasteiger partial charge in [0.25, 0.3) is 0 Å². The largest absolute Gasteiger partial charge is 0.468 e. The molecule has 0 aliphatic heterocycles. The molecule has 2 aromatic rings. The summed E-state index contributed by atoms with van der Waals surface area (Å²) in [6.45, 7) is 5.15. The van der Waals surface area contributed by atoms with Crippen LogP contribution in [0, 0.1) is 5.92 Å². The van der Waals surface area contributed by atoms with E-state index in [4.69, 9.17) is 10.3 Å². The first kappa shape index (κ1) is 12.8. The molecule has 18 heavy (non-hydrogen) atoms. The summed E-state index contributed by atoms with van der Waals surface area (Å²) in [4.78, 5) is 4.28. The third-order valence-corrected chi connectivity index (χ3v) is 2.71. The molecule has 0 radical (unpaired) electrons. The van der Waals surface area contributed by atoms with Crippen molar-refractivity contribution in [1.82, 2.24) is 20.2 Å². The van der Waals surface area contributed by atoms with E-state index in [1.807, 2.05) is 16.8 Å². The van der Waals surface area contributed by atoms with Gasteiger partial charge in [-0.3, -0.25) is 5.84 Å². The fourth-order valence-electron chi connectivity index (χ4n) is 1.86. The van der Waals surface area contributed by atoms with Gasteiger partial charge in [-0.1, -0.05) is 13.8 Å². The highest BCUT2D eigenvalue weighted by Gasteiger charge is 2.17. The Kier molecular flexibility index (Phi) is 4.11. The SMILES string of the molecule is CC(C)Cn1ncnc1CC(NN)c1ccco1. The quantitative estimate of drug-likeness (QED) is 0.595. The maximum Gasteiger partial charge on any atom is 0.138 e. The van der Waals surface area contributed by atoms with Crippen LogP contribution >= 0.6 is 0 Å². The van der Waals surface area contributed by atoms with E-state index < -0.39 is 0 Å². The Bertz CT molecular complexity index is 463. The Morgan fingerprint density at radius 1 is 1.50 bits per heavy atom. The van der Waals surface area contributed by atoms with Crippen LogP contribution in [-0.4, -0.2) is 14.8 Å². The smallest absolute Gasteiger partial charge is 0.138 e. The Balaban J connectivity index is 2.10.